The van der Waals surface area contributed by atoms with Crippen LogP contribution in [-0.4, -0.2) is 90.4 Å². The SMILES string of the molecule is C1CN(C[Si]23OCCN(CCO2)CCO3)CCN1. The van der Waals surface area contributed by atoms with Gasteiger partial charge in [-0.2, -0.15) is 0 Å². The minimum atomic E-state index is -2.44. The molecule has 0 spiro atoms. The van der Waals surface area contributed by atoms with Crippen molar-refractivity contribution in [3.05, 3.63) is 0 Å². The molecule has 0 aliphatic carbocycles. The minimum absolute atomic E-state index is 0.748. The van der Waals surface area contributed by atoms with Crippen molar-refractivity contribution in [1.82, 2.24) is 15.1 Å². The summed E-state index contributed by atoms with van der Waals surface area (Å²) in [5.74, 6) is 0. The van der Waals surface area contributed by atoms with Crippen LogP contribution in [-0.2, 0) is 13.3 Å². The molecule has 104 valence electrons. The molecule has 18 heavy (non-hydrogen) atoms. The van der Waals surface area contributed by atoms with E-state index in [9.17, 15) is 0 Å². The summed E-state index contributed by atoms with van der Waals surface area (Å²) >= 11 is 0. The third-order valence-electron chi connectivity index (χ3n) is 3.82. The van der Waals surface area contributed by atoms with Crippen molar-refractivity contribution < 1.29 is 13.3 Å². The van der Waals surface area contributed by atoms with Crippen molar-refractivity contribution in [1.29, 1.82) is 0 Å². The van der Waals surface area contributed by atoms with E-state index in [0.717, 1.165) is 71.8 Å². The van der Waals surface area contributed by atoms with Crippen molar-refractivity contribution in [2.24, 2.45) is 0 Å². The van der Waals surface area contributed by atoms with E-state index in [1.165, 1.54) is 0 Å². The van der Waals surface area contributed by atoms with E-state index < -0.39 is 8.80 Å². The van der Waals surface area contributed by atoms with Gasteiger partial charge in [-0.1, -0.05) is 0 Å². The first-order valence-electron chi connectivity index (χ1n) is 6.94. The van der Waals surface area contributed by atoms with Crippen molar-refractivity contribution in [3.63, 3.8) is 0 Å². The zero-order valence-corrected chi connectivity index (χ0v) is 11.9. The molecule has 0 amide bonds. The van der Waals surface area contributed by atoms with E-state index in [-0.39, 0.29) is 0 Å². The average Bonchev–Trinajstić information content (AvgIpc) is 2.32. The number of piperazine rings is 1. The lowest BCUT2D eigenvalue weighted by atomic mass is 10.4. The predicted octanol–water partition coefficient (Wildman–Crippen LogP) is -1.25. The second-order valence-electron chi connectivity index (χ2n) is 5.10. The maximum atomic E-state index is 6.03. The Hall–Kier alpha value is -0.0231. The monoisotopic (exact) mass is 273 g/mol. The van der Waals surface area contributed by atoms with Crippen LogP contribution in [0.2, 0.25) is 0 Å². The molecule has 0 aromatic carbocycles. The van der Waals surface area contributed by atoms with Gasteiger partial charge < -0.3 is 18.6 Å². The highest BCUT2D eigenvalue weighted by Gasteiger charge is 2.45. The lowest BCUT2D eigenvalue weighted by Gasteiger charge is -2.40. The first kappa shape index (κ1) is 13.0. The number of fused-ring (bicyclic) bond motifs is 6. The van der Waals surface area contributed by atoms with Crippen LogP contribution in [0, 0.1) is 0 Å². The Kier molecular flexibility index (Phi) is 4.29. The van der Waals surface area contributed by atoms with Gasteiger partial charge in [0.1, 0.15) is 0 Å². The van der Waals surface area contributed by atoms with Gasteiger partial charge in [-0.25, -0.2) is 0 Å². The summed E-state index contributed by atoms with van der Waals surface area (Å²) in [4.78, 5) is 4.77. The maximum Gasteiger partial charge on any atom is 0.515 e. The summed E-state index contributed by atoms with van der Waals surface area (Å²) in [5.41, 5.74) is 0. The lowest BCUT2D eigenvalue weighted by molar-refractivity contribution is -0.0162. The largest absolute Gasteiger partial charge is 0.515 e. The summed E-state index contributed by atoms with van der Waals surface area (Å²) < 4.78 is 18.1. The summed E-state index contributed by atoms with van der Waals surface area (Å²) in [6.07, 6.45) is 0.856. The number of hydrogen-bond donors (Lipinski definition) is 1. The standard InChI is InChI=1S/C11H23N3O3Si/c1-3-14(4-2-12-1)11-18-15-8-5-13(6-9-16-18)7-10-17-18/h12H,1-11H2. The Morgan fingerprint density at radius 1 is 0.833 bits per heavy atom. The molecule has 4 fully saturated rings. The second-order valence-corrected chi connectivity index (χ2v) is 7.64. The van der Waals surface area contributed by atoms with Crippen molar-refractivity contribution in [2.45, 2.75) is 0 Å². The van der Waals surface area contributed by atoms with E-state index >= 15 is 0 Å². The van der Waals surface area contributed by atoms with Crippen LogP contribution in [0.4, 0.5) is 0 Å². The van der Waals surface area contributed by atoms with Gasteiger partial charge in [0.05, 0.1) is 26.0 Å². The molecule has 0 atom stereocenters. The Morgan fingerprint density at radius 3 is 1.94 bits per heavy atom. The van der Waals surface area contributed by atoms with Gasteiger partial charge in [0, 0.05) is 45.8 Å². The number of nitrogens with zero attached hydrogens (tertiary/aromatic N) is 2. The van der Waals surface area contributed by atoms with Gasteiger partial charge >= 0.3 is 8.80 Å². The summed E-state index contributed by atoms with van der Waals surface area (Å²) in [6, 6.07) is 0. The molecule has 0 unspecified atom stereocenters. The predicted molar refractivity (Wildman–Crippen MR) is 69.4 cm³/mol. The average molecular weight is 273 g/mol. The van der Waals surface area contributed by atoms with E-state index in [1.54, 1.807) is 0 Å². The summed E-state index contributed by atoms with van der Waals surface area (Å²) in [6.45, 7) is 9.54. The van der Waals surface area contributed by atoms with Crippen LogP contribution in [0.25, 0.3) is 0 Å². The van der Waals surface area contributed by atoms with E-state index in [0.29, 0.717) is 0 Å². The Bertz CT molecular complexity index is 250. The van der Waals surface area contributed by atoms with Crippen LogP contribution in [0.5, 0.6) is 0 Å². The topological polar surface area (TPSA) is 46.2 Å². The fourth-order valence-electron chi connectivity index (χ4n) is 2.73. The molecule has 0 aromatic rings. The molecule has 6 nitrogen and oxygen atoms in total. The zero-order valence-electron chi connectivity index (χ0n) is 10.9. The Morgan fingerprint density at radius 2 is 1.39 bits per heavy atom. The van der Waals surface area contributed by atoms with Crippen molar-refractivity contribution >= 4 is 8.80 Å². The molecule has 0 aromatic heterocycles. The first-order chi connectivity index (χ1) is 8.86. The smallest absolute Gasteiger partial charge is 0.371 e. The molecule has 2 bridgehead atoms. The molecule has 4 heterocycles. The van der Waals surface area contributed by atoms with Crippen molar-refractivity contribution in [3.8, 4) is 0 Å². The van der Waals surface area contributed by atoms with Crippen LogP contribution >= 0.6 is 0 Å². The quantitative estimate of drug-likeness (QED) is 0.634. The molecule has 4 aliphatic heterocycles. The Labute approximate surface area is 110 Å². The fourth-order valence-corrected chi connectivity index (χ4v) is 5.33. The van der Waals surface area contributed by atoms with Gasteiger partial charge in [-0.05, 0) is 0 Å². The van der Waals surface area contributed by atoms with E-state index in [1.807, 2.05) is 0 Å². The third-order valence-corrected chi connectivity index (χ3v) is 6.58. The first-order valence-corrected chi connectivity index (χ1v) is 8.87. The minimum Gasteiger partial charge on any atom is -0.371 e. The fraction of sp³-hybridized carbons (Fsp3) is 1.00. The second kappa shape index (κ2) is 5.95. The molecular weight excluding hydrogens is 250 g/mol. The molecule has 1 N–H and O–H groups in total. The normalized spacial score (nSPS) is 39.0. The van der Waals surface area contributed by atoms with Gasteiger partial charge in [0.25, 0.3) is 0 Å². The van der Waals surface area contributed by atoms with Crippen LogP contribution in [0.3, 0.4) is 0 Å². The van der Waals surface area contributed by atoms with Crippen LogP contribution < -0.4 is 5.32 Å². The summed E-state index contributed by atoms with van der Waals surface area (Å²) in [7, 11) is -2.44. The maximum absolute atomic E-state index is 6.03. The lowest BCUT2D eigenvalue weighted by Crippen LogP contribution is -2.62. The molecule has 4 aliphatic rings. The number of nitrogens with one attached hydrogen (secondary N) is 1. The van der Waals surface area contributed by atoms with Crippen LogP contribution in [0.15, 0.2) is 0 Å². The van der Waals surface area contributed by atoms with Gasteiger partial charge in [-0.3, -0.25) is 9.80 Å². The van der Waals surface area contributed by atoms with Crippen LogP contribution in [0.1, 0.15) is 0 Å². The van der Waals surface area contributed by atoms with E-state index in [4.69, 9.17) is 13.3 Å². The molecule has 0 radical (unpaired) electrons. The third kappa shape index (κ3) is 3.10. The molecule has 7 heteroatoms. The zero-order chi connectivity index (χ0) is 12.3. The van der Waals surface area contributed by atoms with Gasteiger partial charge in [0.15, 0.2) is 0 Å². The molecular formula is C11H23N3O3Si. The van der Waals surface area contributed by atoms with Gasteiger partial charge in [0.2, 0.25) is 0 Å². The highest BCUT2D eigenvalue weighted by atomic mass is 28.4. The Balaban J connectivity index is 1.65. The number of rotatable bonds is 2. The highest BCUT2D eigenvalue weighted by Crippen LogP contribution is 2.17. The summed E-state index contributed by atoms with van der Waals surface area (Å²) in [5, 5.41) is 3.37. The highest BCUT2D eigenvalue weighted by molar-refractivity contribution is 6.61. The molecule has 4 saturated heterocycles. The number of hydrogen-bond acceptors (Lipinski definition) is 6. The van der Waals surface area contributed by atoms with E-state index in [2.05, 4.69) is 15.1 Å². The molecule has 4 rings (SSSR count). The molecule has 0 saturated carbocycles. The van der Waals surface area contributed by atoms with Crippen molar-refractivity contribution in [2.75, 3.05) is 71.8 Å². The van der Waals surface area contributed by atoms with Gasteiger partial charge in [-0.15, -0.1) is 0 Å².